The standard InChI is InChI=1S/C5H13O3PS/c1-7-9(6,8-2)4-5-10-3/h4-5H2,1-3H3. The molecule has 0 radical (unpaired) electrons. The van der Waals surface area contributed by atoms with Gasteiger partial charge in [0.05, 0.1) is 6.16 Å². The zero-order valence-corrected chi connectivity index (χ0v) is 8.21. The van der Waals surface area contributed by atoms with Crippen molar-refractivity contribution in [2.24, 2.45) is 0 Å². The second-order valence-corrected chi connectivity index (χ2v) is 5.08. The van der Waals surface area contributed by atoms with Gasteiger partial charge in [0.25, 0.3) is 0 Å². The lowest BCUT2D eigenvalue weighted by Crippen LogP contribution is -1.96. The van der Waals surface area contributed by atoms with Crippen molar-refractivity contribution >= 4 is 19.4 Å². The van der Waals surface area contributed by atoms with E-state index >= 15 is 0 Å². The lowest BCUT2D eigenvalue weighted by molar-refractivity contribution is 0.277. The summed E-state index contributed by atoms with van der Waals surface area (Å²) in [5, 5.41) is 0. The largest absolute Gasteiger partial charge is 0.330 e. The Balaban J connectivity index is 3.70. The Hall–Kier alpha value is 0.500. The van der Waals surface area contributed by atoms with Crippen molar-refractivity contribution in [2.45, 2.75) is 0 Å². The normalized spacial score (nSPS) is 11.9. The first-order valence-corrected chi connectivity index (χ1v) is 6.00. The van der Waals surface area contributed by atoms with Gasteiger partial charge in [-0.1, -0.05) is 0 Å². The summed E-state index contributed by atoms with van der Waals surface area (Å²) in [5.74, 6) is 0.805. The van der Waals surface area contributed by atoms with Crippen LogP contribution in [-0.2, 0) is 13.6 Å². The van der Waals surface area contributed by atoms with E-state index in [2.05, 4.69) is 0 Å². The first-order chi connectivity index (χ1) is 4.68. The highest BCUT2D eigenvalue weighted by Crippen LogP contribution is 2.46. The van der Waals surface area contributed by atoms with Crippen LogP contribution in [0.5, 0.6) is 0 Å². The van der Waals surface area contributed by atoms with Gasteiger partial charge in [0, 0.05) is 20.0 Å². The van der Waals surface area contributed by atoms with Gasteiger partial charge < -0.3 is 9.05 Å². The molecule has 0 aliphatic rings. The Bertz CT molecular complexity index is 120. The molecule has 3 nitrogen and oxygen atoms in total. The predicted molar refractivity (Wildman–Crippen MR) is 44.9 cm³/mol. The lowest BCUT2D eigenvalue weighted by atomic mass is 11.0. The summed E-state index contributed by atoms with van der Waals surface area (Å²) < 4.78 is 20.7. The van der Waals surface area contributed by atoms with E-state index in [0.29, 0.717) is 6.16 Å². The topological polar surface area (TPSA) is 35.5 Å². The summed E-state index contributed by atoms with van der Waals surface area (Å²) >= 11 is 1.63. The van der Waals surface area contributed by atoms with Crippen LogP contribution in [0, 0.1) is 0 Å². The molecule has 0 atom stereocenters. The molecule has 0 aromatic heterocycles. The highest BCUT2D eigenvalue weighted by molar-refractivity contribution is 7.98. The van der Waals surface area contributed by atoms with Gasteiger partial charge in [-0.3, -0.25) is 4.57 Å². The highest BCUT2D eigenvalue weighted by Gasteiger charge is 2.19. The molecule has 0 rings (SSSR count). The summed E-state index contributed by atoms with van der Waals surface area (Å²) in [7, 11) is 0.0962. The van der Waals surface area contributed by atoms with Gasteiger partial charge in [-0.05, 0) is 6.26 Å². The second-order valence-electron chi connectivity index (χ2n) is 1.69. The van der Waals surface area contributed by atoms with Crippen LogP contribution in [0.15, 0.2) is 0 Å². The van der Waals surface area contributed by atoms with Crippen LogP contribution in [0.3, 0.4) is 0 Å². The third-order valence-corrected chi connectivity index (χ3v) is 3.92. The molecular formula is C5H13O3PS. The van der Waals surface area contributed by atoms with E-state index in [9.17, 15) is 4.57 Å². The van der Waals surface area contributed by atoms with E-state index in [1.165, 1.54) is 14.2 Å². The van der Waals surface area contributed by atoms with Crippen molar-refractivity contribution in [3.8, 4) is 0 Å². The molecule has 0 fully saturated rings. The molecule has 0 saturated heterocycles. The minimum absolute atomic E-state index is 0.487. The third-order valence-electron chi connectivity index (χ3n) is 1.13. The fourth-order valence-corrected chi connectivity index (χ4v) is 2.60. The number of thioether (sulfide) groups is 1. The van der Waals surface area contributed by atoms with E-state index in [1.807, 2.05) is 6.26 Å². The van der Waals surface area contributed by atoms with Gasteiger partial charge in [0.15, 0.2) is 0 Å². The van der Waals surface area contributed by atoms with Crippen LogP contribution >= 0.6 is 19.4 Å². The van der Waals surface area contributed by atoms with Crippen molar-refractivity contribution in [1.29, 1.82) is 0 Å². The van der Waals surface area contributed by atoms with Gasteiger partial charge in [-0.15, -0.1) is 0 Å². The quantitative estimate of drug-likeness (QED) is 0.611. The molecule has 0 saturated carbocycles. The fraction of sp³-hybridized carbons (Fsp3) is 1.00. The fourth-order valence-electron chi connectivity index (χ4n) is 0.460. The molecule has 0 unspecified atom stereocenters. The molecule has 0 aromatic carbocycles. The Kier molecular flexibility index (Phi) is 5.45. The monoisotopic (exact) mass is 184 g/mol. The summed E-state index contributed by atoms with van der Waals surface area (Å²) in [4.78, 5) is 0. The van der Waals surface area contributed by atoms with Crippen LogP contribution < -0.4 is 0 Å². The van der Waals surface area contributed by atoms with Crippen molar-refractivity contribution in [3.05, 3.63) is 0 Å². The number of hydrogen-bond acceptors (Lipinski definition) is 4. The maximum atomic E-state index is 11.3. The Morgan fingerprint density at radius 1 is 1.40 bits per heavy atom. The maximum absolute atomic E-state index is 11.3. The van der Waals surface area contributed by atoms with Crippen molar-refractivity contribution < 1.29 is 13.6 Å². The minimum Gasteiger partial charge on any atom is -0.312 e. The Morgan fingerprint density at radius 3 is 2.20 bits per heavy atom. The highest BCUT2D eigenvalue weighted by atomic mass is 32.2. The van der Waals surface area contributed by atoms with E-state index in [0.717, 1.165) is 5.75 Å². The molecule has 5 heteroatoms. The summed E-state index contributed by atoms with van der Waals surface area (Å²) in [6, 6.07) is 0. The molecule has 0 amide bonds. The van der Waals surface area contributed by atoms with Gasteiger partial charge in [0.2, 0.25) is 0 Å². The first kappa shape index (κ1) is 10.5. The van der Waals surface area contributed by atoms with Crippen LogP contribution in [0.25, 0.3) is 0 Å². The molecule has 62 valence electrons. The number of hydrogen-bond donors (Lipinski definition) is 0. The first-order valence-electron chi connectivity index (χ1n) is 2.88. The van der Waals surface area contributed by atoms with E-state index in [1.54, 1.807) is 11.8 Å². The molecular weight excluding hydrogens is 171 g/mol. The summed E-state index contributed by atoms with van der Waals surface area (Å²) in [5.41, 5.74) is 0. The molecule has 0 spiro atoms. The molecule has 0 aliphatic carbocycles. The SMILES string of the molecule is COP(=O)(CCSC)OC. The van der Waals surface area contributed by atoms with Crippen LogP contribution in [0.4, 0.5) is 0 Å². The van der Waals surface area contributed by atoms with Crippen LogP contribution in [0.1, 0.15) is 0 Å². The van der Waals surface area contributed by atoms with E-state index in [-0.39, 0.29) is 0 Å². The van der Waals surface area contributed by atoms with Crippen LogP contribution in [-0.4, -0.2) is 32.4 Å². The number of rotatable bonds is 5. The minimum atomic E-state index is -2.72. The summed E-state index contributed by atoms with van der Waals surface area (Å²) in [6.07, 6.45) is 2.44. The molecule has 0 aromatic rings. The smallest absolute Gasteiger partial charge is 0.312 e. The van der Waals surface area contributed by atoms with Crippen molar-refractivity contribution in [1.82, 2.24) is 0 Å². The second kappa shape index (κ2) is 5.19. The van der Waals surface area contributed by atoms with Crippen LogP contribution in [0.2, 0.25) is 0 Å². The zero-order chi connectivity index (χ0) is 8.04. The molecule has 10 heavy (non-hydrogen) atoms. The molecule has 0 heterocycles. The molecule has 0 N–H and O–H groups in total. The summed E-state index contributed by atoms with van der Waals surface area (Å²) in [6.45, 7) is 0. The van der Waals surface area contributed by atoms with E-state index in [4.69, 9.17) is 9.05 Å². The van der Waals surface area contributed by atoms with Crippen molar-refractivity contribution in [3.63, 3.8) is 0 Å². The zero-order valence-electron chi connectivity index (χ0n) is 6.49. The predicted octanol–water partition coefficient (Wildman–Crippen LogP) is 1.84. The third kappa shape index (κ3) is 3.62. The maximum Gasteiger partial charge on any atom is 0.330 e. The van der Waals surface area contributed by atoms with Gasteiger partial charge in [0.1, 0.15) is 0 Å². The van der Waals surface area contributed by atoms with E-state index < -0.39 is 7.60 Å². The average molecular weight is 184 g/mol. The Labute approximate surface area is 66.0 Å². The van der Waals surface area contributed by atoms with Gasteiger partial charge >= 0.3 is 7.60 Å². The molecule has 0 bridgehead atoms. The van der Waals surface area contributed by atoms with Gasteiger partial charge in [-0.2, -0.15) is 11.8 Å². The lowest BCUT2D eigenvalue weighted by Gasteiger charge is -2.11. The van der Waals surface area contributed by atoms with Gasteiger partial charge in [-0.25, -0.2) is 0 Å². The molecule has 0 aliphatic heterocycles. The average Bonchev–Trinajstić information content (AvgIpc) is 2.00. The van der Waals surface area contributed by atoms with Crippen molar-refractivity contribution in [2.75, 3.05) is 32.4 Å². The Morgan fingerprint density at radius 2 is 1.90 bits per heavy atom.